The van der Waals surface area contributed by atoms with Crippen molar-refractivity contribution in [2.45, 2.75) is 19.0 Å². The minimum Gasteiger partial charge on any atom is -0.378 e. The molecule has 3 heterocycles. The van der Waals surface area contributed by atoms with Crippen LogP contribution in [0.1, 0.15) is 28.9 Å². The molecule has 9 heteroatoms. The van der Waals surface area contributed by atoms with Gasteiger partial charge in [-0.3, -0.25) is 14.6 Å². The van der Waals surface area contributed by atoms with Crippen LogP contribution in [0.4, 0.5) is 5.82 Å². The van der Waals surface area contributed by atoms with Crippen LogP contribution in [0.3, 0.4) is 0 Å². The summed E-state index contributed by atoms with van der Waals surface area (Å²) in [5.74, 6) is 0.593. The molecule has 1 amide bonds. The zero-order chi connectivity index (χ0) is 23.5. The van der Waals surface area contributed by atoms with Gasteiger partial charge in [0.05, 0.1) is 24.6 Å². The number of amides is 1. The lowest BCUT2D eigenvalue weighted by atomic mass is 9.97. The Hall–Kier alpha value is -3.30. The highest BCUT2D eigenvalue weighted by molar-refractivity contribution is 5.94. The summed E-state index contributed by atoms with van der Waals surface area (Å²) < 4.78 is 6.67. The van der Waals surface area contributed by atoms with E-state index in [-0.39, 0.29) is 23.6 Å². The van der Waals surface area contributed by atoms with E-state index in [4.69, 9.17) is 4.74 Å². The zero-order valence-corrected chi connectivity index (χ0v) is 19.5. The fourth-order valence-corrected chi connectivity index (χ4v) is 4.38. The van der Waals surface area contributed by atoms with E-state index in [0.29, 0.717) is 48.6 Å². The fraction of sp³-hybridized carbons (Fsp3) is 0.417. The van der Waals surface area contributed by atoms with Gasteiger partial charge in [0, 0.05) is 37.9 Å². The minimum atomic E-state index is -0.180. The number of aryl methyl sites for hydroxylation is 1. The highest BCUT2D eigenvalue weighted by Gasteiger charge is 2.24. The lowest BCUT2D eigenvalue weighted by Crippen LogP contribution is -2.40. The van der Waals surface area contributed by atoms with Crippen LogP contribution in [0.25, 0.3) is 10.9 Å². The van der Waals surface area contributed by atoms with Crippen molar-refractivity contribution in [1.82, 2.24) is 24.6 Å². The number of likely N-dealkylation sites (N-methyl/N-ethyl adjacent to an activating group) is 1. The third-order valence-electron chi connectivity index (χ3n) is 6.00. The summed E-state index contributed by atoms with van der Waals surface area (Å²) in [7, 11) is 5.67. The van der Waals surface area contributed by atoms with E-state index in [2.05, 4.69) is 27.2 Å². The standard InChI is InChI=1S/C24H30N6O3/c1-16(26-22-20-19(6-5-11-25-20)24(32)29(4)27-22)21(28(2)3)17-7-9-18(10-8-17)23(31)30-12-14-33-15-13-30/h5-11,16,21H,12-15H2,1-4H3,(H,26,27)/t16-,21+/m0/s1. The number of nitrogens with zero attached hydrogens (tertiary/aromatic N) is 5. The molecule has 2 aromatic heterocycles. The Morgan fingerprint density at radius 1 is 1.15 bits per heavy atom. The fourth-order valence-electron chi connectivity index (χ4n) is 4.38. The highest BCUT2D eigenvalue weighted by Crippen LogP contribution is 2.26. The molecular formula is C24H30N6O3. The summed E-state index contributed by atoms with van der Waals surface area (Å²) in [4.78, 5) is 33.5. The van der Waals surface area contributed by atoms with Gasteiger partial charge in [0.1, 0.15) is 5.52 Å². The number of carbonyl (C=O) groups is 1. The number of ether oxygens (including phenoxy) is 1. The molecule has 0 spiro atoms. The number of benzene rings is 1. The number of anilines is 1. The second-order valence-electron chi connectivity index (χ2n) is 8.54. The van der Waals surface area contributed by atoms with Gasteiger partial charge in [-0.15, -0.1) is 0 Å². The molecule has 0 unspecified atom stereocenters. The summed E-state index contributed by atoms with van der Waals surface area (Å²) >= 11 is 0. The van der Waals surface area contributed by atoms with Gasteiger partial charge in [-0.25, -0.2) is 4.68 Å². The molecule has 2 atom stereocenters. The molecule has 3 aromatic rings. The Kier molecular flexibility index (Phi) is 6.71. The Balaban J connectivity index is 1.58. The van der Waals surface area contributed by atoms with Gasteiger partial charge in [-0.1, -0.05) is 12.1 Å². The maximum Gasteiger partial charge on any atom is 0.276 e. The number of carbonyl (C=O) groups excluding carboxylic acids is 1. The number of hydrogen-bond acceptors (Lipinski definition) is 7. The molecule has 0 radical (unpaired) electrons. The summed E-state index contributed by atoms with van der Waals surface area (Å²) in [6.07, 6.45) is 1.66. The summed E-state index contributed by atoms with van der Waals surface area (Å²) in [5, 5.41) is 8.40. The van der Waals surface area contributed by atoms with Crippen molar-refractivity contribution < 1.29 is 9.53 Å². The average molecular weight is 451 g/mol. The number of pyridine rings is 1. The monoisotopic (exact) mass is 450 g/mol. The van der Waals surface area contributed by atoms with Gasteiger partial charge < -0.3 is 19.9 Å². The molecule has 33 heavy (non-hydrogen) atoms. The first-order valence-corrected chi connectivity index (χ1v) is 11.1. The molecular weight excluding hydrogens is 420 g/mol. The quantitative estimate of drug-likeness (QED) is 0.613. The summed E-state index contributed by atoms with van der Waals surface area (Å²) in [6, 6.07) is 11.2. The van der Waals surface area contributed by atoms with Gasteiger partial charge in [0.15, 0.2) is 5.82 Å². The van der Waals surface area contributed by atoms with E-state index >= 15 is 0 Å². The van der Waals surface area contributed by atoms with Crippen molar-refractivity contribution in [1.29, 1.82) is 0 Å². The highest BCUT2D eigenvalue weighted by atomic mass is 16.5. The van der Waals surface area contributed by atoms with Crippen LogP contribution in [-0.4, -0.2) is 76.9 Å². The molecule has 0 bridgehead atoms. The number of morpholine rings is 1. The number of rotatable bonds is 6. The molecule has 1 aliphatic heterocycles. The van der Waals surface area contributed by atoms with Gasteiger partial charge >= 0.3 is 0 Å². The Bertz CT molecular complexity index is 1190. The van der Waals surface area contributed by atoms with Crippen LogP contribution in [0.2, 0.25) is 0 Å². The summed E-state index contributed by atoms with van der Waals surface area (Å²) in [5.41, 5.74) is 2.12. The molecule has 0 saturated carbocycles. The lowest BCUT2D eigenvalue weighted by Gasteiger charge is -2.32. The van der Waals surface area contributed by atoms with E-state index in [0.717, 1.165) is 5.56 Å². The zero-order valence-electron chi connectivity index (χ0n) is 19.5. The average Bonchev–Trinajstić information content (AvgIpc) is 2.83. The predicted octanol–water partition coefficient (Wildman–Crippen LogP) is 1.90. The van der Waals surface area contributed by atoms with E-state index < -0.39 is 0 Å². The van der Waals surface area contributed by atoms with Gasteiger partial charge in [-0.2, -0.15) is 5.10 Å². The Morgan fingerprint density at radius 2 is 1.85 bits per heavy atom. The number of fused-ring (bicyclic) bond motifs is 1. The maximum atomic E-state index is 12.8. The first-order chi connectivity index (χ1) is 15.9. The topological polar surface area (TPSA) is 92.6 Å². The van der Waals surface area contributed by atoms with Crippen molar-refractivity contribution in [2.75, 3.05) is 45.7 Å². The normalized spacial score (nSPS) is 16.1. The van der Waals surface area contributed by atoms with Crippen LogP contribution >= 0.6 is 0 Å². The molecule has 1 aliphatic rings. The van der Waals surface area contributed by atoms with Crippen LogP contribution in [0.5, 0.6) is 0 Å². The van der Waals surface area contributed by atoms with Crippen molar-refractivity contribution in [3.8, 4) is 0 Å². The SMILES string of the molecule is C[C@H](Nc1nn(C)c(=O)c2cccnc12)[C@H](c1ccc(C(=O)N2CCOCC2)cc1)N(C)C. The van der Waals surface area contributed by atoms with Crippen molar-refractivity contribution in [2.24, 2.45) is 7.05 Å². The molecule has 1 aromatic carbocycles. The third kappa shape index (κ3) is 4.74. The van der Waals surface area contributed by atoms with Gasteiger partial charge in [-0.05, 0) is 50.8 Å². The van der Waals surface area contributed by atoms with Crippen LogP contribution in [0.15, 0.2) is 47.4 Å². The second kappa shape index (κ2) is 9.68. The molecule has 9 nitrogen and oxygen atoms in total. The van der Waals surface area contributed by atoms with E-state index in [1.54, 1.807) is 25.4 Å². The van der Waals surface area contributed by atoms with Gasteiger partial charge in [0.2, 0.25) is 0 Å². The molecule has 1 N–H and O–H groups in total. The lowest BCUT2D eigenvalue weighted by molar-refractivity contribution is 0.0303. The molecule has 174 valence electrons. The molecule has 1 saturated heterocycles. The molecule has 1 fully saturated rings. The minimum absolute atomic E-state index is 0.00432. The Morgan fingerprint density at radius 3 is 2.52 bits per heavy atom. The van der Waals surface area contributed by atoms with Gasteiger partial charge in [0.25, 0.3) is 11.5 Å². The predicted molar refractivity (Wildman–Crippen MR) is 127 cm³/mol. The first-order valence-electron chi connectivity index (χ1n) is 11.1. The number of aromatic nitrogens is 3. The third-order valence-corrected chi connectivity index (χ3v) is 6.00. The smallest absolute Gasteiger partial charge is 0.276 e. The molecule has 0 aliphatic carbocycles. The van der Waals surface area contributed by atoms with E-state index in [1.807, 2.05) is 43.3 Å². The maximum absolute atomic E-state index is 12.8. The van der Waals surface area contributed by atoms with Crippen molar-refractivity contribution >= 4 is 22.6 Å². The van der Waals surface area contributed by atoms with Crippen LogP contribution in [-0.2, 0) is 11.8 Å². The molecule has 4 rings (SSSR count). The first kappa shape index (κ1) is 22.9. The van der Waals surface area contributed by atoms with Crippen molar-refractivity contribution in [3.63, 3.8) is 0 Å². The number of nitrogens with one attached hydrogen (secondary N) is 1. The number of hydrogen-bond donors (Lipinski definition) is 1. The van der Waals surface area contributed by atoms with Crippen LogP contribution in [0, 0.1) is 0 Å². The van der Waals surface area contributed by atoms with E-state index in [9.17, 15) is 9.59 Å². The largest absolute Gasteiger partial charge is 0.378 e. The van der Waals surface area contributed by atoms with E-state index in [1.165, 1.54) is 4.68 Å². The van der Waals surface area contributed by atoms with Crippen molar-refractivity contribution in [3.05, 3.63) is 64.1 Å². The second-order valence-corrected chi connectivity index (χ2v) is 8.54. The summed E-state index contributed by atoms with van der Waals surface area (Å²) in [6.45, 7) is 4.47. The van der Waals surface area contributed by atoms with Crippen LogP contribution < -0.4 is 10.9 Å². The Labute approximate surface area is 193 Å².